The van der Waals surface area contributed by atoms with E-state index in [9.17, 15) is 10.1 Å². The van der Waals surface area contributed by atoms with E-state index < -0.39 is 5.91 Å². The van der Waals surface area contributed by atoms with E-state index in [1.807, 2.05) is 42.5 Å². The molecule has 0 saturated heterocycles. The molecule has 0 aliphatic carbocycles. The van der Waals surface area contributed by atoms with E-state index in [0.29, 0.717) is 11.3 Å². The number of allylic oxidation sites excluding steroid dienone is 1. The Morgan fingerprint density at radius 3 is 2.85 bits per heavy atom. The lowest BCUT2D eigenvalue weighted by molar-refractivity contribution is -0.123. The number of amides is 1. The van der Waals surface area contributed by atoms with Gasteiger partial charge in [0.1, 0.15) is 11.6 Å². The number of pyridine rings is 1. The molecular weight excluding hydrogens is 344 g/mol. The average molecular weight is 364 g/mol. The number of hydrogen-bond acceptors (Lipinski definition) is 6. The van der Waals surface area contributed by atoms with Gasteiger partial charge < -0.3 is 9.47 Å². The van der Waals surface area contributed by atoms with Crippen LogP contribution in [0.25, 0.3) is 6.08 Å². The number of nitrogens with zero attached hydrogens (tertiary/aromatic N) is 3. The van der Waals surface area contributed by atoms with Crippen molar-refractivity contribution >= 4 is 18.2 Å². The van der Waals surface area contributed by atoms with E-state index in [1.54, 1.807) is 19.1 Å². The van der Waals surface area contributed by atoms with Crippen LogP contribution in [0.15, 0.2) is 47.6 Å². The van der Waals surface area contributed by atoms with Crippen LogP contribution in [0.1, 0.15) is 22.4 Å². The summed E-state index contributed by atoms with van der Waals surface area (Å²) in [5, 5.41) is 13.1. The standard InChI is InChI=1S/C20H20N4O3/c1-15-11-17(13-26-2)18(12-21)20(23-15)27-14-19(25)24-22-10-6-9-16-7-4-3-5-8-16/h3-11H,13-14H2,1-2H3,(H,24,25)/b9-6-,22-10?. The number of carbonyl (C=O) groups excluding carboxylic acids is 1. The molecule has 7 heteroatoms. The lowest BCUT2D eigenvalue weighted by Gasteiger charge is -2.10. The normalized spacial score (nSPS) is 10.9. The highest BCUT2D eigenvalue weighted by Crippen LogP contribution is 2.21. The van der Waals surface area contributed by atoms with Crippen LogP contribution in [0.2, 0.25) is 0 Å². The van der Waals surface area contributed by atoms with E-state index >= 15 is 0 Å². The molecule has 1 heterocycles. The minimum Gasteiger partial charge on any atom is -0.467 e. The van der Waals surface area contributed by atoms with Gasteiger partial charge in [-0.2, -0.15) is 10.4 Å². The van der Waals surface area contributed by atoms with Crippen molar-refractivity contribution in [3.05, 3.63) is 64.9 Å². The van der Waals surface area contributed by atoms with Crippen molar-refractivity contribution in [2.45, 2.75) is 13.5 Å². The van der Waals surface area contributed by atoms with Crippen molar-refractivity contribution in [3.63, 3.8) is 0 Å². The molecule has 0 fully saturated rings. The van der Waals surface area contributed by atoms with Crippen LogP contribution in [-0.2, 0) is 16.1 Å². The highest BCUT2D eigenvalue weighted by Gasteiger charge is 2.14. The molecule has 2 rings (SSSR count). The van der Waals surface area contributed by atoms with Gasteiger partial charge >= 0.3 is 0 Å². The van der Waals surface area contributed by atoms with E-state index in [1.165, 1.54) is 13.3 Å². The third-order valence-electron chi connectivity index (χ3n) is 3.39. The molecule has 0 bridgehead atoms. The molecule has 0 saturated carbocycles. The Morgan fingerprint density at radius 1 is 1.37 bits per heavy atom. The Labute approximate surface area is 157 Å². The lowest BCUT2D eigenvalue weighted by atomic mass is 10.1. The number of hydrogen-bond donors (Lipinski definition) is 1. The number of nitrogens with one attached hydrogen (secondary N) is 1. The Balaban J connectivity index is 1.89. The maximum Gasteiger partial charge on any atom is 0.278 e. The molecule has 1 aromatic heterocycles. The number of nitriles is 1. The number of carbonyl (C=O) groups is 1. The number of hydrazone groups is 1. The smallest absolute Gasteiger partial charge is 0.278 e. The zero-order valence-corrected chi connectivity index (χ0v) is 15.2. The van der Waals surface area contributed by atoms with E-state index in [4.69, 9.17) is 9.47 Å². The molecule has 2 aromatic rings. The third-order valence-corrected chi connectivity index (χ3v) is 3.39. The van der Waals surface area contributed by atoms with Crippen molar-refractivity contribution in [2.75, 3.05) is 13.7 Å². The molecule has 0 unspecified atom stereocenters. The van der Waals surface area contributed by atoms with Gasteiger partial charge in [0, 0.05) is 24.6 Å². The summed E-state index contributed by atoms with van der Waals surface area (Å²) in [7, 11) is 1.54. The topological polar surface area (TPSA) is 96.6 Å². The second-order valence-corrected chi connectivity index (χ2v) is 5.52. The quantitative estimate of drug-likeness (QED) is 0.574. The minimum absolute atomic E-state index is 0.104. The fourth-order valence-electron chi connectivity index (χ4n) is 2.24. The lowest BCUT2D eigenvalue weighted by Crippen LogP contribution is -2.25. The number of benzene rings is 1. The van der Waals surface area contributed by atoms with Gasteiger partial charge in [-0.1, -0.05) is 36.4 Å². The first kappa shape index (κ1) is 19.8. The van der Waals surface area contributed by atoms with Gasteiger partial charge in [-0.25, -0.2) is 10.4 Å². The average Bonchev–Trinajstić information content (AvgIpc) is 2.67. The van der Waals surface area contributed by atoms with Crippen molar-refractivity contribution in [2.24, 2.45) is 5.10 Å². The number of methoxy groups -OCH3 is 1. The summed E-state index contributed by atoms with van der Waals surface area (Å²) in [6.45, 7) is 1.72. The third kappa shape index (κ3) is 6.38. The molecule has 7 nitrogen and oxygen atoms in total. The van der Waals surface area contributed by atoms with Crippen LogP contribution in [0, 0.1) is 18.3 Å². The van der Waals surface area contributed by atoms with Crippen molar-refractivity contribution in [1.29, 1.82) is 5.26 Å². The highest BCUT2D eigenvalue weighted by atomic mass is 16.5. The zero-order chi connectivity index (χ0) is 19.5. The predicted octanol–water partition coefficient (Wildman–Crippen LogP) is 2.60. The molecule has 0 atom stereocenters. The summed E-state index contributed by atoms with van der Waals surface area (Å²) in [6.07, 6.45) is 5.04. The molecule has 27 heavy (non-hydrogen) atoms. The molecule has 1 aromatic carbocycles. The van der Waals surface area contributed by atoms with Crippen LogP contribution in [0.3, 0.4) is 0 Å². The summed E-state index contributed by atoms with van der Waals surface area (Å²) in [6, 6.07) is 13.5. The summed E-state index contributed by atoms with van der Waals surface area (Å²) in [5.74, 6) is -0.354. The van der Waals surface area contributed by atoms with Crippen LogP contribution < -0.4 is 10.2 Å². The molecule has 1 N–H and O–H groups in total. The minimum atomic E-state index is -0.458. The summed E-state index contributed by atoms with van der Waals surface area (Å²) < 4.78 is 10.5. The Morgan fingerprint density at radius 2 is 2.15 bits per heavy atom. The highest BCUT2D eigenvalue weighted by molar-refractivity contribution is 5.82. The molecular formula is C20H20N4O3. The van der Waals surface area contributed by atoms with Gasteiger partial charge in [0.2, 0.25) is 5.88 Å². The monoisotopic (exact) mass is 364 g/mol. The molecule has 0 aliphatic rings. The van der Waals surface area contributed by atoms with E-state index in [2.05, 4.69) is 15.5 Å². The molecule has 0 spiro atoms. The largest absolute Gasteiger partial charge is 0.467 e. The Hall–Kier alpha value is -3.50. The fraction of sp³-hybridized carbons (Fsp3) is 0.200. The van der Waals surface area contributed by atoms with E-state index in [0.717, 1.165) is 5.56 Å². The first-order chi connectivity index (χ1) is 13.1. The SMILES string of the molecule is COCc1cc(C)nc(OCC(=O)NN=C/C=C\c2ccccc2)c1C#N. The van der Waals surface area contributed by atoms with Crippen LogP contribution >= 0.6 is 0 Å². The van der Waals surface area contributed by atoms with Crippen molar-refractivity contribution < 1.29 is 14.3 Å². The first-order valence-corrected chi connectivity index (χ1v) is 8.20. The van der Waals surface area contributed by atoms with Crippen LogP contribution in [0.4, 0.5) is 0 Å². The number of aryl methyl sites for hydroxylation is 1. The summed E-state index contributed by atoms with van der Waals surface area (Å²) in [5.41, 5.74) is 4.96. The Bertz CT molecular complexity index is 871. The van der Waals surface area contributed by atoms with Gasteiger partial charge in [-0.05, 0) is 24.6 Å². The predicted molar refractivity (Wildman–Crippen MR) is 102 cm³/mol. The van der Waals surface area contributed by atoms with Gasteiger partial charge in [0.25, 0.3) is 5.91 Å². The van der Waals surface area contributed by atoms with Gasteiger partial charge in [-0.15, -0.1) is 0 Å². The summed E-state index contributed by atoms with van der Waals surface area (Å²) in [4.78, 5) is 16.0. The molecule has 0 aliphatic heterocycles. The maximum atomic E-state index is 11.8. The van der Waals surface area contributed by atoms with Crippen LogP contribution in [0.5, 0.6) is 5.88 Å². The van der Waals surface area contributed by atoms with E-state index in [-0.39, 0.29) is 24.7 Å². The van der Waals surface area contributed by atoms with Crippen molar-refractivity contribution in [1.82, 2.24) is 10.4 Å². The number of rotatable bonds is 8. The zero-order valence-electron chi connectivity index (χ0n) is 15.2. The maximum absolute atomic E-state index is 11.8. The number of ether oxygens (including phenoxy) is 2. The molecule has 138 valence electrons. The first-order valence-electron chi connectivity index (χ1n) is 8.20. The Kier molecular flexibility index (Phi) is 7.69. The second-order valence-electron chi connectivity index (χ2n) is 5.52. The van der Waals surface area contributed by atoms with Gasteiger partial charge in [-0.3, -0.25) is 4.79 Å². The second kappa shape index (κ2) is 10.5. The van der Waals surface area contributed by atoms with Gasteiger partial charge in [0.05, 0.1) is 6.61 Å². The number of aromatic nitrogens is 1. The van der Waals surface area contributed by atoms with Gasteiger partial charge in [0.15, 0.2) is 6.61 Å². The molecule has 0 radical (unpaired) electrons. The summed E-state index contributed by atoms with van der Waals surface area (Å²) >= 11 is 0. The van der Waals surface area contributed by atoms with Crippen LogP contribution in [-0.4, -0.2) is 30.8 Å². The fourth-order valence-corrected chi connectivity index (χ4v) is 2.24. The molecule has 1 amide bonds. The van der Waals surface area contributed by atoms with Crippen molar-refractivity contribution in [3.8, 4) is 11.9 Å².